The molecule has 1 saturated heterocycles. The first-order chi connectivity index (χ1) is 9.40. The van der Waals surface area contributed by atoms with Gasteiger partial charge in [0.15, 0.2) is 5.12 Å². The molecule has 0 radical (unpaired) electrons. The number of carbonyl (C=O) groups is 2. The Bertz CT molecular complexity index is 595. The van der Waals surface area contributed by atoms with E-state index in [0.29, 0.717) is 4.47 Å². The number of aromatic nitrogens is 1. The number of rotatable bonds is 3. The summed E-state index contributed by atoms with van der Waals surface area (Å²) >= 11 is 4.27. The Hall–Kier alpha value is -1.48. The van der Waals surface area contributed by atoms with E-state index in [2.05, 4.69) is 20.9 Å². The molecular formula is C11H10BrN3O4S. The van der Waals surface area contributed by atoms with E-state index in [9.17, 15) is 19.7 Å². The van der Waals surface area contributed by atoms with Gasteiger partial charge in [0, 0.05) is 31.3 Å². The van der Waals surface area contributed by atoms with E-state index >= 15 is 0 Å². The fourth-order valence-corrected chi connectivity index (χ4v) is 3.48. The van der Waals surface area contributed by atoms with Gasteiger partial charge in [0.1, 0.15) is 11.9 Å². The molecule has 2 heterocycles. The Balaban J connectivity index is 2.35. The third-order valence-electron chi connectivity index (χ3n) is 2.74. The quantitative estimate of drug-likeness (QED) is 0.606. The van der Waals surface area contributed by atoms with Crippen molar-refractivity contribution >= 4 is 50.1 Å². The SMILES string of the molecule is CC(=O)SC1CC(=O)N(c2c(Br)cncc2[N+](=O)[O-])C1. The van der Waals surface area contributed by atoms with E-state index in [4.69, 9.17) is 0 Å². The lowest BCUT2D eigenvalue weighted by Crippen LogP contribution is -2.26. The third kappa shape index (κ3) is 2.98. The Kier molecular flexibility index (Phi) is 4.39. The van der Waals surface area contributed by atoms with Crippen molar-refractivity contribution in [1.29, 1.82) is 0 Å². The van der Waals surface area contributed by atoms with Gasteiger partial charge in [0.05, 0.1) is 9.40 Å². The summed E-state index contributed by atoms with van der Waals surface area (Å²) in [4.78, 5) is 38.7. The molecule has 0 bridgehead atoms. The summed E-state index contributed by atoms with van der Waals surface area (Å²) in [5.41, 5.74) is -0.0390. The first-order valence-corrected chi connectivity index (χ1v) is 7.33. The average Bonchev–Trinajstić information content (AvgIpc) is 2.68. The van der Waals surface area contributed by atoms with Crippen LogP contribution in [-0.4, -0.2) is 32.7 Å². The van der Waals surface area contributed by atoms with Crippen LogP contribution in [0.1, 0.15) is 13.3 Å². The molecule has 0 aliphatic carbocycles. The van der Waals surface area contributed by atoms with Crippen molar-refractivity contribution in [2.45, 2.75) is 18.6 Å². The van der Waals surface area contributed by atoms with Gasteiger partial charge in [-0.05, 0) is 15.9 Å². The number of anilines is 1. The van der Waals surface area contributed by atoms with Gasteiger partial charge in [0.2, 0.25) is 5.91 Å². The number of carbonyl (C=O) groups excluding carboxylic acids is 2. The Morgan fingerprint density at radius 1 is 1.60 bits per heavy atom. The highest BCUT2D eigenvalue weighted by Gasteiger charge is 2.36. The number of hydrogen-bond donors (Lipinski definition) is 0. The molecule has 1 fully saturated rings. The van der Waals surface area contributed by atoms with Gasteiger partial charge in [-0.15, -0.1) is 0 Å². The van der Waals surface area contributed by atoms with Gasteiger partial charge in [-0.2, -0.15) is 0 Å². The van der Waals surface area contributed by atoms with E-state index in [1.807, 2.05) is 0 Å². The Labute approximate surface area is 127 Å². The van der Waals surface area contributed by atoms with Crippen molar-refractivity contribution in [3.05, 3.63) is 27.0 Å². The highest BCUT2D eigenvalue weighted by Crippen LogP contribution is 2.38. The first kappa shape index (κ1) is 14.9. The number of hydrogen-bond acceptors (Lipinski definition) is 6. The van der Waals surface area contributed by atoms with E-state index in [1.54, 1.807) is 0 Å². The predicted molar refractivity (Wildman–Crippen MR) is 77.6 cm³/mol. The number of halogens is 1. The number of thioether (sulfide) groups is 1. The molecular weight excluding hydrogens is 350 g/mol. The zero-order valence-corrected chi connectivity index (χ0v) is 12.8. The summed E-state index contributed by atoms with van der Waals surface area (Å²) < 4.78 is 0.383. The zero-order valence-electron chi connectivity index (χ0n) is 10.4. The van der Waals surface area contributed by atoms with Crippen LogP contribution in [0.3, 0.4) is 0 Å². The van der Waals surface area contributed by atoms with Gasteiger partial charge in [-0.25, -0.2) is 0 Å². The number of amides is 1. The van der Waals surface area contributed by atoms with Gasteiger partial charge in [-0.1, -0.05) is 11.8 Å². The van der Waals surface area contributed by atoms with Gasteiger partial charge in [-0.3, -0.25) is 24.7 Å². The molecule has 1 unspecified atom stereocenters. The molecule has 1 amide bonds. The minimum atomic E-state index is -0.578. The number of nitro groups is 1. The molecule has 0 N–H and O–H groups in total. The lowest BCUT2D eigenvalue weighted by Gasteiger charge is -2.17. The largest absolute Gasteiger partial charge is 0.312 e. The van der Waals surface area contributed by atoms with Crippen molar-refractivity contribution in [3.63, 3.8) is 0 Å². The van der Waals surface area contributed by atoms with Crippen LogP contribution in [0.2, 0.25) is 0 Å². The molecule has 0 spiro atoms. The molecule has 1 aliphatic rings. The molecule has 1 atom stereocenters. The number of pyridine rings is 1. The summed E-state index contributed by atoms with van der Waals surface area (Å²) in [7, 11) is 0. The maximum Gasteiger partial charge on any atom is 0.312 e. The summed E-state index contributed by atoms with van der Waals surface area (Å²) in [6.45, 7) is 1.70. The molecule has 20 heavy (non-hydrogen) atoms. The second-order valence-corrected chi connectivity index (χ2v) is 6.52. The maximum absolute atomic E-state index is 12.0. The molecule has 106 valence electrons. The lowest BCUT2D eigenvalue weighted by molar-refractivity contribution is -0.384. The third-order valence-corrected chi connectivity index (χ3v) is 4.30. The molecule has 9 heteroatoms. The highest BCUT2D eigenvalue weighted by molar-refractivity contribution is 9.10. The summed E-state index contributed by atoms with van der Waals surface area (Å²) in [5.74, 6) is -0.237. The molecule has 0 aromatic carbocycles. The van der Waals surface area contributed by atoms with Crippen LogP contribution >= 0.6 is 27.7 Å². The van der Waals surface area contributed by atoms with Crippen LogP contribution in [0, 0.1) is 10.1 Å². The Morgan fingerprint density at radius 3 is 2.90 bits per heavy atom. The molecule has 0 saturated carbocycles. The van der Waals surface area contributed by atoms with Gasteiger partial charge in [0.25, 0.3) is 0 Å². The van der Waals surface area contributed by atoms with Crippen molar-refractivity contribution in [2.24, 2.45) is 0 Å². The van der Waals surface area contributed by atoms with Crippen molar-refractivity contribution in [2.75, 3.05) is 11.4 Å². The highest BCUT2D eigenvalue weighted by atomic mass is 79.9. The fourth-order valence-electron chi connectivity index (χ4n) is 2.02. The minimum absolute atomic E-state index is 0.0760. The van der Waals surface area contributed by atoms with Crippen molar-refractivity contribution in [3.8, 4) is 0 Å². The first-order valence-electron chi connectivity index (χ1n) is 5.65. The molecule has 1 aliphatic heterocycles. The fraction of sp³-hybridized carbons (Fsp3) is 0.364. The molecule has 2 rings (SSSR count). The summed E-state index contributed by atoms with van der Waals surface area (Å²) in [6, 6.07) is 0. The van der Waals surface area contributed by atoms with Crippen LogP contribution in [0.15, 0.2) is 16.9 Å². The van der Waals surface area contributed by atoms with Crippen molar-refractivity contribution < 1.29 is 14.5 Å². The topological polar surface area (TPSA) is 93.4 Å². The second kappa shape index (κ2) is 5.88. The van der Waals surface area contributed by atoms with E-state index < -0.39 is 4.92 Å². The smallest absolute Gasteiger partial charge is 0.304 e. The van der Waals surface area contributed by atoms with Crippen LogP contribution in [-0.2, 0) is 9.59 Å². The molecule has 1 aromatic rings. The predicted octanol–water partition coefficient (Wildman–Crippen LogP) is 2.14. The average molecular weight is 360 g/mol. The monoisotopic (exact) mass is 359 g/mol. The minimum Gasteiger partial charge on any atom is -0.304 e. The van der Waals surface area contributed by atoms with Gasteiger partial charge >= 0.3 is 5.69 Å². The van der Waals surface area contributed by atoms with Gasteiger partial charge < -0.3 is 4.90 Å². The van der Waals surface area contributed by atoms with Crippen LogP contribution < -0.4 is 4.90 Å². The van der Waals surface area contributed by atoms with Crippen LogP contribution in [0.5, 0.6) is 0 Å². The van der Waals surface area contributed by atoms with Crippen LogP contribution in [0.4, 0.5) is 11.4 Å². The Morgan fingerprint density at radius 2 is 2.30 bits per heavy atom. The summed E-state index contributed by atoms with van der Waals surface area (Å²) in [5, 5.41) is 10.8. The van der Waals surface area contributed by atoms with Crippen LogP contribution in [0.25, 0.3) is 0 Å². The lowest BCUT2D eigenvalue weighted by atomic mass is 10.3. The number of nitrogens with zero attached hydrogens (tertiary/aromatic N) is 3. The second-order valence-electron chi connectivity index (χ2n) is 4.19. The zero-order chi connectivity index (χ0) is 14.9. The van der Waals surface area contributed by atoms with Crippen molar-refractivity contribution in [1.82, 2.24) is 4.98 Å². The normalized spacial score (nSPS) is 18.4. The van der Waals surface area contributed by atoms with E-state index in [1.165, 1.54) is 18.0 Å². The maximum atomic E-state index is 12.0. The molecule has 7 nitrogen and oxygen atoms in total. The summed E-state index contributed by atoms with van der Waals surface area (Å²) in [6.07, 6.45) is 2.70. The standard InChI is InChI=1S/C11H10BrN3O4S/c1-6(16)20-7-2-10(17)14(5-7)11-8(12)3-13-4-9(11)15(18)19/h3-4,7H,2,5H2,1H3. The van der Waals surface area contributed by atoms with E-state index in [-0.39, 0.29) is 40.6 Å². The molecule has 1 aromatic heterocycles. The van der Waals surface area contributed by atoms with E-state index in [0.717, 1.165) is 18.0 Å².